The molecule has 0 bridgehead atoms. The van der Waals surface area contributed by atoms with Crippen LogP contribution >= 0.6 is 0 Å². The number of nitrogens with zero attached hydrogens (tertiary/aromatic N) is 1. The summed E-state index contributed by atoms with van der Waals surface area (Å²) in [6.07, 6.45) is 3.73. The molecule has 84 valence electrons. The van der Waals surface area contributed by atoms with Gasteiger partial charge in [-0.1, -0.05) is 27.2 Å². The van der Waals surface area contributed by atoms with E-state index in [1.54, 1.807) is 0 Å². The van der Waals surface area contributed by atoms with Gasteiger partial charge in [0.1, 0.15) is 0 Å². The molecule has 0 radical (unpaired) electrons. The van der Waals surface area contributed by atoms with Gasteiger partial charge in [-0.15, -0.1) is 0 Å². The van der Waals surface area contributed by atoms with E-state index in [1.807, 2.05) is 6.92 Å². The van der Waals surface area contributed by atoms with Crippen molar-refractivity contribution >= 4 is 5.91 Å². The van der Waals surface area contributed by atoms with E-state index in [9.17, 15) is 4.79 Å². The van der Waals surface area contributed by atoms with E-state index >= 15 is 0 Å². The Morgan fingerprint density at radius 1 is 1.21 bits per heavy atom. The number of hydrogen-bond acceptors (Lipinski definition) is 2. The van der Waals surface area contributed by atoms with Crippen molar-refractivity contribution in [1.82, 2.24) is 5.01 Å². The number of carbonyl (C=O) groups excluding carboxylic acids is 1. The third-order valence-corrected chi connectivity index (χ3v) is 3.14. The molecule has 3 nitrogen and oxygen atoms in total. The van der Waals surface area contributed by atoms with Crippen LogP contribution < -0.4 is 5.84 Å². The number of rotatable bonds is 6. The topological polar surface area (TPSA) is 46.3 Å². The second-order valence-electron chi connectivity index (χ2n) is 3.83. The van der Waals surface area contributed by atoms with Gasteiger partial charge in [0.2, 0.25) is 5.91 Å². The molecule has 0 aromatic rings. The van der Waals surface area contributed by atoms with E-state index in [-0.39, 0.29) is 11.3 Å². The third kappa shape index (κ3) is 2.71. The van der Waals surface area contributed by atoms with Gasteiger partial charge in [0, 0.05) is 6.54 Å². The normalized spacial score (nSPS) is 11.5. The minimum absolute atomic E-state index is 0.104. The predicted octanol–water partition coefficient (Wildman–Crippen LogP) is 2.32. The van der Waals surface area contributed by atoms with Gasteiger partial charge in [0.25, 0.3) is 0 Å². The predicted molar refractivity (Wildman–Crippen MR) is 59.5 cm³/mol. The first-order valence-corrected chi connectivity index (χ1v) is 5.64. The molecule has 0 aromatic carbocycles. The molecule has 0 aromatic heterocycles. The highest BCUT2D eigenvalue weighted by Crippen LogP contribution is 2.33. The van der Waals surface area contributed by atoms with E-state index in [0.717, 1.165) is 25.7 Å². The molecule has 0 fully saturated rings. The lowest BCUT2D eigenvalue weighted by molar-refractivity contribution is -0.143. The Morgan fingerprint density at radius 2 is 1.71 bits per heavy atom. The van der Waals surface area contributed by atoms with E-state index in [2.05, 4.69) is 20.8 Å². The Morgan fingerprint density at radius 3 is 2.00 bits per heavy atom. The van der Waals surface area contributed by atoms with Crippen molar-refractivity contribution in [2.75, 3.05) is 6.54 Å². The number of nitrogens with two attached hydrogens (primary N) is 1. The average Bonchev–Trinajstić information content (AvgIpc) is 2.24. The summed E-state index contributed by atoms with van der Waals surface area (Å²) in [5.74, 6) is 5.77. The Kier molecular flexibility index (Phi) is 5.77. The van der Waals surface area contributed by atoms with Crippen molar-refractivity contribution < 1.29 is 4.79 Å². The first-order valence-electron chi connectivity index (χ1n) is 5.64. The molecular formula is C11H24N2O. The summed E-state index contributed by atoms with van der Waals surface area (Å²) in [6.45, 7) is 8.74. The molecule has 0 saturated heterocycles. The molecule has 0 spiro atoms. The fourth-order valence-corrected chi connectivity index (χ4v) is 1.94. The SMILES string of the molecule is CCCC(CC)(CC)C(=O)N(N)CC. The molecule has 0 aliphatic carbocycles. The number of hydrogen-bond donors (Lipinski definition) is 1. The van der Waals surface area contributed by atoms with Crippen LogP contribution in [0.4, 0.5) is 0 Å². The zero-order valence-electron chi connectivity index (χ0n) is 9.97. The van der Waals surface area contributed by atoms with E-state index in [1.165, 1.54) is 5.01 Å². The highest BCUT2D eigenvalue weighted by molar-refractivity contribution is 5.82. The number of hydrazine groups is 1. The van der Waals surface area contributed by atoms with Crippen molar-refractivity contribution in [3.8, 4) is 0 Å². The molecule has 14 heavy (non-hydrogen) atoms. The third-order valence-electron chi connectivity index (χ3n) is 3.14. The first-order chi connectivity index (χ1) is 6.57. The molecule has 0 aliphatic heterocycles. The summed E-state index contributed by atoms with van der Waals surface area (Å²) in [5, 5.41) is 1.35. The first kappa shape index (κ1) is 13.4. The molecule has 3 heteroatoms. The van der Waals surface area contributed by atoms with Crippen LogP contribution in [-0.2, 0) is 4.79 Å². The maximum absolute atomic E-state index is 12.0. The molecule has 0 atom stereocenters. The number of amides is 1. The molecular weight excluding hydrogens is 176 g/mol. The minimum atomic E-state index is -0.223. The van der Waals surface area contributed by atoms with Crippen molar-refractivity contribution in [3.05, 3.63) is 0 Å². The van der Waals surface area contributed by atoms with Gasteiger partial charge in [-0.05, 0) is 26.2 Å². The summed E-state index contributed by atoms with van der Waals surface area (Å²) < 4.78 is 0. The largest absolute Gasteiger partial charge is 0.281 e. The van der Waals surface area contributed by atoms with Gasteiger partial charge in [0.05, 0.1) is 5.41 Å². The molecule has 0 aliphatic rings. The van der Waals surface area contributed by atoms with E-state index in [4.69, 9.17) is 5.84 Å². The van der Waals surface area contributed by atoms with Crippen LogP contribution in [0.3, 0.4) is 0 Å². The van der Waals surface area contributed by atoms with Gasteiger partial charge in [0.15, 0.2) is 0 Å². The fourth-order valence-electron chi connectivity index (χ4n) is 1.94. The quantitative estimate of drug-likeness (QED) is 0.406. The molecule has 0 rings (SSSR count). The van der Waals surface area contributed by atoms with Crippen LogP contribution in [0.5, 0.6) is 0 Å². The fraction of sp³-hybridized carbons (Fsp3) is 0.909. The summed E-state index contributed by atoms with van der Waals surface area (Å²) in [5.41, 5.74) is -0.223. The standard InChI is InChI=1S/C11H24N2O/c1-5-9-11(6-2,7-3)10(14)13(12)8-4/h5-9,12H2,1-4H3. The summed E-state index contributed by atoms with van der Waals surface area (Å²) >= 11 is 0. The molecule has 1 amide bonds. The van der Waals surface area contributed by atoms with Crippen molar-refractivity contribution in [2.45, 2.75) is 53.4 Å². The van der Waals surface area contributed by atoms with Crippen LogP contribution in [0.1, 0.15) is 53.4 Å². The van der Waals surface area contributed by atoms with Crippen molar-refractivity contribution in [2.24, 2.45) is 11.3 Å². The Labute approximate surface area is 87.6 Å². The maximum atomic E-state index is 12.0. The Bertz CT molecular complexity index is 176. The molecule has 0 heterocycles. The smallest absolute Gasteiger partial charge is 0.242 e. The molecule has 0 saturated carbocycles. The highest BCUT2D eigenvalue weighted by Gasteiger charge is 2.35. The van der Waals surface area contributed by atoms with Crippen LogP contribution in [0, 0.1) is 5.41 Å². The summed E-state index contributed by atoms with van der Waals surface area (Å²) in [6, 6.07) is 0. The monoisotopic (exact) mass is 200 g/mol. The van der Waals surface area contributed by atoms with Crippen LogP contribution in [0.25, 0.3) is 0 Å². The summed E-state index contributed by atoms with van der Waals surface area (Å²) in [4.78, 5) is 12.0. The van der Waals surface area contributed by atoms with Gasteiger partial charge in [-0.2, -0.15) is 0 Å². The lowest BCUT2D eigenvalue weighted by Gasteiger charge is -2.33. The van der Waals surface area contributed by atoms with E-state index < -0.39 is 0 Å². The van der Waals surface area contributed by atoms with Gasteiger partial charge < -0.3 is 0 Å². The highest BCUT2D eigenvalue weighted by atomic mass is 16.2. The summed E-state index contributed by atoms with van der Waals surface area (Å²) in [7, 11) is 0. The van der Waals surface area contributed by atoms with Crippen LogP contribution in [0.15, 0.2) is 0 Å². The Hall–Kier alpha value is -0.570. The van der Waals surface area contributed by atoms with Crippen molar-refractivity contribution in [1.29, 1.82) is 0 Å². The van der Waals surface area contributed by atoms with Gasteiger partial charge in [-0.3, -0.25) is 9.80 Å². The molecule has 0 unspecified atom stereocenters. The number of carbonyl (C=O) groups is 1. The second-order valence-corrected chi connectivity index (χ2v) is 3.83. The maximum Gasteiger partial charge on any atom is 0.242 e. The lowest BCUT2D eigenvalue weighted by Crippen LogP contribution is -2.47. The lowest BCUT2D eigenvalue weighted by atomic mass is 9.77. The zero-order chi connectivity index (χ0) is 11.2. The second kappa shape index (κ2) is 6.02. The Balaban J connectivity index is 4.69. The zero-order valence-corrected chi connectivity index (χ0v) is 9.97. The van der Waals surface area contributed by atoms with Gasteiger partial charge >= 0.3 is 0 Å². The minimum Gasteiger partial charge on any atom is -0.281 e. The van der Waals surface area contributed by atoms with Gasteiger partial charge in [-0.25, -0.2) is 5.84 Å². The average molecular weight is 200 g/mol. The van der Waals surface area contributed by atoms with Crippen molar-refractivity contribution in [3.63, 3.8) is 0 Å². The molecule has 2 N–H and O–H groups in total. The van der Waals surface area contributed by atoms with E-state index in [0.29, 0.717) is 6.54 Å². The van der Waals surface area contributed by atoms with Crippen LogP contribution in [0.2, 0.25) is 0 Å². The van der Waals surface area contributed by atoms with Crippen LogP contribution in [-0.4, -0.2) is 17.5 Å².